The third-order valence-corrected chi connectivity index (χ3v) is 3.49. The first-order chi connectivity index (χ1) is 11.5. The van der Waals surface area contributed by atoms with Gasteiger partial charge in [0.25, 0.3) is 6.08 Å². The molecule has 2 aromatic rings. The highest BCUT2D eigenvalue weighted by Crippen LogP contribution is 2.13. The Hall–Kier alpha value is -2.63. The second-order valence-corrected chi connectivity index (χ2v) is 5.37. The zero-order chi connectivity index (χ0) is 17.5. The Kier molecular flexibility index (Phi) is 6.12. The van der Waals surface area contributed by atoms with Gasteiger partial charge in [0.2, 0.25) is 0 Å². The van der Waals surface area contributed by atoms with Crippen molar-refractivity contribution in [3.05, 3.63) is 70.8 Å². The van der Waals surface area contributed by atoms with Crippen molar-refractivity contribution >= 4 is 5.97 Å². The molecule has 1 heterocycles. The predicted molar refractivity (Wildman–Crippen MR) is 85.8 cm³/mol. The summed E-state index contributed by atoms with van der Waals surface area (Å²) in [5.74, 6) is -0.000597. The van der Waals surface area contributed by atoms with Crippen molar-refractivity contribution in [3.63, 3.8) is 0 Å². The third-order valence-electron chi connectivity index (χ3n) is 3.49. The number of rotatable bonds is 6. The summed E-state index contributed by atoms with van der Waals surface area (Å²) in [5.41, 5.74) is 1.73. The zero-order valence-corrected chi connectivity index (χ0v) is 13.6. The quantitative estimate of drug-likeness (QED) is 0.748. The minimum Gasteiger partial charge on any atom is -0.462 e. The fraction of sp³-hybridized carbons (Fsp3) is 0.278. The van der Waals surface area contributed by atoms with Gasteiger partial charge in [0.15, 0.2) is 0 Å². The number of hydrogen-bond acceptors (Lipinski definition) is 4. The van der Waals surface area contributed by atoms with E-state index >= 15 is 0 Å². The normalized spacial score (nSPS) is 10.3. The van der Waals surface area contributed by atoms with Gasteiger partial charge < -0.3 is 4.74 Å². The number of aryl methyl sites for hydroxylation is 1. The highest BCUT2D eigenvalue weighted by Gasteiger charge is 2.14. The van der Waals surface area contributed by atoms with Crippen LogP contribution in [0.15, 0.2) is 48.2 Å². The van der Waals surface area contributed by atoms with Crippen molar-refractivity contribution < 1.29 is 18.3 Å². The van der Waals surface area contributed by atoms with Crippen LogP contribution in [0.4, 0.5) is 8.78 Å². The van der Waals surface area contributed by atoms with Crippen molar-refractivity contribution in [2.75, 3.05) is 6.61 Å². The zero-order valence-electron chi connectivity index (χ0n) is 13.6. The van der Waals surface area contributed by atoms with Crippen molar-refractivity contribution in [2.45, 2.75) is 26.7 Å². The molecule has 1 aromatic carbocycles. The molecule has 0 amide bonds. The van der Waals surface area contributed by atoms with Gasteiger partial charge in [0.1, 0.15) is 5.82 Å². The van der Waals surface area contributed by atoms with Crippen LogP contribution in [0.25, 0.3) is 0 Å². The number of ether oxygens (including phenoxy) is 1. The largest absolute Gasteiger partial charge is 0.462 e. The van der Waals surface area contributed by atoms with Gasteiger partial charge in [-0.05, 0) is 25.0 Å². The van der Waals surface area contributed by atoms with Gasteiger partial charge in [-0.15, -0.1) is 0 Å². The molecule has 0 unspecified atom stereocenters. The standard InChI is InChI=1S/C18H18F2N2O2/c1-12(17(19)20)8-9-24-18(23)15-11-21-16(22-13(15)2)10-14-6-4-3-5-7-14/h3-7,11H,8-10H2,1-2H3. The van der Waals surface area contributed by atoms with Crippen LogP contribution in [-0.2, 0) is 11.2 Å². The number of halogens is 2. The van der Waals surface area contributed by atoms with E-state index in [9.17, 15) is 13.6 Å². The summed E-state index contributed by atoms with van der Waals surface area (Å²) in [6.45, 7) is 2.89. The van der Waals surface area contributed by atoms with Crippen LogP contribution in [0.3, 0.4) is 0 Å². The molecule has 0 saturated heterocycles. The summed E-state index contributed by atoms with van der Waals surface area (Å²) >= 11 is 0. The summed E-state index contributed by atoms with van der Waals surface area (Å²) < 4.78 is 29.6. The van der Waals surface area contributed by atoms with Gasteiger partial charge in [0.05, 0.1) is 17.9 Å². The molecule has 4 nitrogen and oxygen atoms in total. The summed E-state index contributed by atoms with van der Waals surface area (Å²) in [6.07, 6.45) is 0.244. The van der Waals surface area contributed by atoms with E-state index in [0.29, 0.717) is 17.9 Å². The van der Waals surface area contributed by atoms with E-state index in [1.165, 1.54) is 13.1 Å². The molecular formula is C18H18F2N2O2. The topological polar surface area (TPSA) is 52.1 Å². The summed E-state index contributed by atoms with van der Waals surface area (Å²) in [5, 5.41) is 0. The van der Waals surface area contributed by atoms with Gasteiger partial charge in [-0.25, -0.2) is 14.8 Å². The molecule has 1 aromatic heterocycles. The smallest absolute Gasteiger partial charge is 0.341 e. The summed E-state index contributed by atoms with van der Waals surface area (Å²) in [7, 11) is 0. The maximum absolute atomic E-state index is 12.3. The van der Waals surface area contributed by atoms with Crippen molar-refractivity contribution in [1.82, 2.24) is 9.97 Å². The summed E-state index contributed by atoms with van der Waals surface area (Å²) in [4.78, 5) is 20.5. The van der Waals surface area contributed by atoms with Crippen molar-refractivity contribution in [1.29, 1.82) is 0 Å². The number of benzene rings is 1. The molecule has 126 valence electrons. The maximum atomic E-state index is 12.3. The van der Waals surface area contributed by atoms with Gasteiger partial charge in [-0.2, -0.15) is 8.78 Å². The molecule has 0 aliphatic carbocycles. The Bertz CT molecular complexity index is 742. The lowest BCUT2D eigenvalue weighted by Crippen LogP contribution is -2.11. The average Bonchev–Trinajstić information content (AvgIpc) is 2.55. The van der Waals surface area contributed by atoms with E-state index in [-0.39, 0.29) is 24.2 Å². The van der Waals surface area contributed by atoms with Crippen LogP contribution in [-0.4, -0.2) is 22.5 Å². The molecule has 0 bridgehead atoms. The monoisotopic (exact) mass is 332 g/mol. The molecule has 0 aliphatic rings. The Morgan fingerprint density at radius 1 is 1.21 bits per heavy atom. The Labute approximate surface area is 139 Å². The lowest BCUT2D eigenvalue weighted by atomic mass is 10.1. The molecule has 0 aliphatic heterocycles. The van der Waals surface area contributed by atoms with Gasteiger partial charge >= 0.3 is 5.97 Å². The second-order valence-electron chi connectivity index (χ2n) is 5.37. The predicted octanol–water partition coefficient (Wildman–Crippen LogP) is 4.09. The van der Waals surface area contributed by atoms with E-state index in [0.717, 1.165) is 5.56 Å². The molecule has 6 heteroatoms. The first kappa shape index (κ1) is 17.7. The first-order valence-corrected chi connectivity index (χ1v) is 7.51. The van der Waals surface area contributed by atoms with Gasteiger partial charge in [-0.1, -0.05) is 30.3 Å². The molecule has 0 atom stereocenters. The van der Waals surface area contributed by atoms with Crippen LogP contribution < -0.4 is 0 Å². The number of hydrogen-bond donors (Lipinski definition) is 0. The van der Waals surface area contributed by atoms with Crippen molar-refractivity contribution in [3.8, 4) is 0 Å². The lowest BCUT2D eigenvalue weighted by Gasteiger charge is -2.08. The van der Waals surface area contributed by atoms with E-state index in [4.69, 9.17) is 4.74 Å². The molecule has 0 N–H and O–H groups in total. The molecule has 0 saturated carbocycles. The Morgan fingerprint density at radius 3 is 2.54 bits per heavy atom. The Balaban J connectivity index is 1.99. The number of nitrogens with zero attached hydrogens (tertiary/aromatic N) is 2. The van der Waals surface area contributed by atoms with Crippen LogP contribution in [0.1, 0.15) is 40.8 Å². The minimum atomic E-state index is -1.74. The Morgan fingerprint density at radius 2 is 1.92 bits per heavy atom. The molecule has 2 rings (SSSR count). The maximum Gasteiger partial charge on any atom is 0.341 e. The highest BCUT2D eigenvalue weighted by atomic mass is 19.3. The lowest BCUT2D eigenvalue weighted by molar-refractivity contribution is 0.0506. The van der Waals surface area contributed by atoms with E-state index in [1.54, 1.807) is 6.92 Å². The minimum absolute atomic E-state index is 0.0000683. The van der Waals surface area contributed by atoms with Crippen LogP contribution in [0.2, 0.25) is 0 Å². The van der Waals surface area contributed by atoms with E-state index < -0.39 is 12.0 Å². The number of esters is 1. The van der Waals surface area contributed by atoms with Gasteiger partial charge in [0, 0.05) is 19.0 Å². The molecular weight excluding hydrogens is 314 g/mol. The van der Waals surface area contributed by atoms with Gasteiger partial charge in [-0.3, -0.25) is 0 Å². The van der Waals surface area contributed by atoms with E-state index in [1.807, 2.05) is 30.3 Å². The number of aromatic nitrogens is 2. The van der Waals surface area contributed by atoms with E-state index in [2.05, 4.69) is 9.97 Å². The number of carbonyl (C=O) groups is 1. The third kappa shape index (κ3) is 4.94. The molecule has 0 spiro atoms. The number of carbonyl (C=O) groups excluding carboxylic acids is 1. The van der Waals surface area contributed by atoms with Crippen molar-refractivity contribution in [2.24, 2.45) is 0 Å². The first-order valence-electron chi connectivity index (χ1n) is 7.51. The molecule has 24 heavy (non-hydrogen) atoms. The molecule has 0 radical (unpaired) electrons. The molecule has 0 fully saturated rings. The second kappa shape index (κ2) is 8.29. The fourth-order valence-electron chi connectivity index (χ4n) is 2.05. The van der Waals surface area contributed by atoms with Crippen LogP contribution >= 0.6 is 0 Å². The SMILES string of the molecule is CC(CCOC(=O)c1cnc(Cc2ccccc2)nc1C)=C(F)F. The average molecular weight is 332 g/mol. The highest BCUT2D eigenvalue weighted by molar-refractivity contribution is 5.90. The van der Waals surface area contributed by atoms with Crippen LogP contribution in [0.5, 0.6) is 0 Å². The van der Waals surface area contributed by atoms with Crippen LogP contribution in [0, 0.1) is 6.92 Å². The summed E-state index contributed by atoms with van der Waals surface area (Å²) in [6, 6.07) is 9.75. The fourth-order valence-corrected chi connectivity index (χ4v) is 2.05.